The number of nitrogens with one attached hydrogen (secondary N) is 1. The van der Waals surface area contributed by atoms with Crippen molar-refractivity contribution in [1.29, 1.82) is 0 Å². The smallest absolute Gasteiger partial charge is 0.161 e. The summed E-state index contributed by atoms with van der Waals surface area (Å²) in [6.45, 7) is 1.19. The number of anilines is 1. The lowest BCUT2D eigenvalue weighted by atomic mass is 10.3. The molecule has 0 bridgehead atoms. The van der Waals surface area contributed by atoms with Crippen LogP contribution in [0.2, 0.25) is 5.02 Å². The van der Waals surface area contributed by atoms with Gasteiger partial charge in [0.2, 0.25) is 0 Å². The maximum Gasteiger partial charge on any atom is 0.161 e. The van der Waals surface area contributed by atoms with Gasteiger partial charge in [0.25, 0.3) is 0 Å². The van der Waals surface area contributed by atoms with Crippen molar-refractivity contribution in [1.82, 2.24) is 0 Å². The number of hydrogen-bond donors (Lipinski definition) is 1. The van der Waals surface area contributed by atoms with Gasteiger partial charge in [-0.2, -0.15) is 0 Å². The molecule has 0 saturated carbocycles. The van der Waals surface area contributed by atoms with Crippen molar-refractivity contribution in [2.75, 3.05) is 25.6 Å². The number of hydrogen-bond acceptors (Lipinski definition) is 3. The minimum Gasteiger partial charge on any atom is -0.493 e. The van der Waals surface area contributed by atoms with Crippen LogP contribution in [-0.4, -0.2) is 20.3 Å². The van der Waals surface area contributed by atoms with E-state index in [0.717, 1.165) is 21.7 Å². The third-order valence-electron chi connectivity index (χ3n) is 2.67. The highest BCUT2D eigenvalue weighted by Crippen LogP contribution is 2.27. The zero-order valence-corrected chi connectivity index (χ0v) is 13.4. The van der Waals surface area contributed by atoms with Crippen LogP contribution in [0.15, 0.2) is 46.9 Å². The van der Waals surface area contributed by atoms with E-state index in [0.29, 0.717) is 18.2 Å². The Labute approximate surface area is 132 Å². The minimum absolute atomic E-state index is 0.527. The molecule has 3 nitrogen and oxygen atoms in total. The zero-order valence-electron chi connectivity index (χ0n) is 11.0. The summed E-state index contributed by atoms with van der Waals surface area (Å²) in [5, 5.41) is 3.96. The summed E-state index contributed by atoms with van der Waals surface area (Å²) in [4.78, 5) is 0. The molecule has 0 atom stereocenters. The van der Waals surface area contributed by atoms with Gasteiger partial charge in [0.15, 0.2) is 11.5 Å². The first kappa shape index (κ1) is 15.0. The summed E-state index contributed by atoms with van der Waals surface area (Å²) < 4.78 is 11.9. The quantitative estimate of drug-likeness (QED) is 0.767. The molecule has 2 aromatic carbocycles. The lowest BCUT2D eigenvalue weighted by Crippen LogP contribution is -2.12. The molecule has 0 fully saturated rings. The summed E-state index contributed by atoms with van der Waals surface area (Å²) in [6.07, 6.45) is 0. The number of methoxy groups -OCH3 is 1. The van der Waals surface area contributed by atoms with E-state index >= 15 is 0 Å². The maximum absolute atomic E-state index is 5.96. The summed E-state index contributed by atoms with van der Waals surface area (Å²) >= 11 is 9.42. The van der Waals surface area contributed by atoms with Crippen LogP contribution in [0.1, 0.15) is 0 Å². The second kappa shape index (κ2) is 7.41. The van der Waals surface area contributed by atoms with Crippen LogP contribution in [0.25, 0.3) is 0 Å². The molecule has 2 aromatic rings. The fourth-order valence-electron chi connectivity index (χ4n) is 1.72. The van der Waals surface area contributed by atoms with Gasteiger partial charge in [-0.1, -0.05) is 23.7 Å². The van der Waals surface area contributed by atoms with Crippen LogP contribution in [0.4, 0.5) is 5.69 Å². The Hall–Kier alpha value is -1.39. The first-order valence-corrected chi connectivity index (χ1v) is 7.32. The van der Waals surface area contributed by atoms with Gasteiger partial charge in [-0.05, 0) is 46.3 Å². The van der Waals surface area contributed by atoms with Gasteiger partial charge in [-0.25, -0.2) is 0 Å². The van der Waals surface area contributed by atoms with E-state index in [1.807, 2.05) is 42.5 Å². The Morgan fingerprint density at radius 3 is 2.65 bits per heavy atom. The van der Waals surface area contributed by atoms with Gasteiger partial charge in [0.05, 0.1) is 12.8 Å². The summed E-state index contributed by atoms with van der Waals surface area (Å²) in [5.41, 5.74) is 0.945. The fraction of sp³-hybridized carbons (Fsp3) is 0.200. The normalized spacial score (nSPS) is 10.2. The Balaban J connectivity index is 1.86. The van der Waals surface area contributed by atoms with Gasteiger partial charge in [-0.3, -0.25) is 0 Å². The Morgan fingerprint density at radius 1 is 1.15 bits per heavy atom. The highest BCUT2D eigenvalue weighted by atomic mass is 79.9. The first-order chi connectivity index (χ1) is 9.70. The molecule has 20 heavy (non-hydrogen) atoms. The molecule has 0 aliphatic rings. The summed E-state index contributed by atoms with van der Waals surface area (Å²) in [6, 6.07) is 13.2. The molecule has 106 valence electrons. The SMILES string of the molecule is COc1ccccc1OCCNc1cc(Cl)ccc1Br. The largest absolute Gasteiger partial charge is 0.493 e. The molecule has 0 spiro atoms. The van der Waals surface area contributed by atoms with Crippen molar-refractivity contribution in [3.63, 3.8) is 0 Å². The second-order valence-corrected chi connectivity index (χ2v) is 5.34. The van der Waals surface area contributed by atoms with Gasteiger partial charge in [-0.15, -0.1) is 0 Å². The molecule has 0 aromatic heterocycles. The van der Waals surface area contributed by atoms with Crippen LogP contribution in [0, 0.1) is 0 Å². The highest BCUT2D eigenvalue weighted by Gasteiger charge is 2.03. The van der Waals surface area contributed by atoms with Crippen LogP contribution < -0.4 is 14.8 Å². The maximum atomic E-state index is 5.96. The van der Waals surface area contributed by atoms with Gasteiger partial charge < -0.3 is 14.8 Å². The lowest BCUT2D eigenvalue weighted by molar-refractivity contribution is 0.306. The average molecular weight is 357 g/mol. The van der Waals surface area contributed by atoms with E-state index in [9.17, 15) is 0 Å². The monoisotopic (exact) mass is 355 g/mol. The third kappa shape index (κ3) is 4.05. The second-order valence-electron chi connectivity index (χ2n) is 4.05. The molecule has 5 heteroatoms. The van der Waals surface area contributed by atoms with Crippen molar-refractivity contribution in [2.24, 2.45) is 0 Å². The average Bonchev–Trinajstić information content (AvgIpc) is 2.47. The molecule has 0 aliphatic heterocycles. The number of para-hydroxylation sites is 2. The molecule has 0 radical (unpaired) electrons. The third-order valence-corrected chi connectivity index (χ3v) is 3.60. The fourth-order valence-corrected chi connectivity index (χ4v) is 2.28. The number of halogens is 2. The lowest BCUT2D eigenvalue weighted by Gasteiger charge is -2.12. The molecular formula is C15H15BrClNO2. The molecule has 2 rings (SSSR count). The molecule has 0 saturated heterocycles. The molecule has 0 unspecified atom stereocenters. The van der Waals surface area contributed by atoms with Crippen LogP contribution in [-0.2, 0) is 0 Å². The van der Waals surface area contributed by atoms with Gasteiger partial charge in [0, 0.05) is 16.0 Å². The number of rotatable bonds is 6. The Bertz CT molecular complexity index is 578. The Morgan fingerprint density at radius 2 is 1.90 bits per heavy atom. The molecular weight excluding hydrogens is 342 g/mol. The van der Waals surface area contributed by atoms with Crippen molar-refractivity contribution < 1.29 is 9.47 Å². The van der Waals surface area contributed by atoms with Gasteiger partial charge >= 0.3 is 0 Å². The van der Waals surface area contributed by atoms with E-state index in [1.54, 1.807) is 7.11 Å². The van der Waals surface area contributed by atoms with E-state index < -0.39 is 0 Å². The molecule has 0 aliphatic carbocycles. The summed E-state index contributed by atoms with van der Waals surface area (Å²) in [7, 11) is 1.63. The van der Waals surface area contributed by atoms with Crippen molar-refractivity contribution in [2.45, 2.75) is 0 Å². The number of ether oxygens (including phenoxy) is 2. The topological polar surface area (TPSA) is 30.5 Å². The minimum atomic E-state index is 0.527. The number of benzene rings is 2. The van der Waals surface area contributed by atoms with Crippen molar-refractivity contribution in [3.8, 4) is 11.5 Å². The van der Waals surface area contributed by atoms with E-state index in [4.69, 9.17) is 21.1 Å². The standard InChI is InChI=1S/C15H15BrClNO2/c1-19-14-4-2-3-5-15(14)20-9-8-18-13-10-11(17)6-7-12(13)16/h2-7,10,18H,8-9H2,1H3. The Kier molecular flexibility index (Phi) is 5.56. The van der Waals surface area contributed by atoms with E-state index in [1.165, 1.54) is 0 Å². The molecule has 1 N–H and O–H groups in total. The van der Waals surface area contributed by atoms with Crippen molar-refractivity contribution >= 4 is 33.2 Å². The first-order valence-electron chi connectivity index (χ1n) is 6.15. The van der Waals surface area contributed by atoms with E-state index in [2.05, 4.69) is 21.2 Å². The van der Waals surface area contributed by atoms with Crippen molar-refractivity contribution in [3.05, 3.63) is 52.0 Å². The van der Waals surface area contributed by atoms with E-state index in [-0.39, 0.29) is 0 Å². The predicted molar refractivity (Wildman–Crippen MR) is 86.1 cm³/mol. The highest BCUT2D eigenvalue weighted by molar-refractivity contribution is 9.10. The zero-order chi connectivity index (χ0) is 14.4. The van der Waals surface area contributed by atoms with Crippen LogP contribution >= 0.6 is 27.5 Å². The van der Waals surface area contributed by atoms with Gasteiger partial charge in [0.1, 0.15) is 6.61 Å². The van der Waals surface area contributed by atoms with Crippen LogP contribution in [0.3, 0.4) is 0 Å². The van der Waals surface area contributed by atoms with Crippen LogP contribution in [0.5, 0.6) is 11.5 Å². The predicted octanol–water partition coefficient (Wildman–Crippen LogP) is 4.60. The summed E-state index contributed by atoms with van der Waals surface area (Å²) in [5.74, 6) is 1.47. The molecule has 0 amide bonds. The molecule has 0 heterocycles.